The molecule has 0 atom stereocenters. The highest BCUT2D eigenvalue weighted by molar-refractivity contribution is 14.1. The Kier molecular flexibility index (Phi) is 4.21. The van der Waals surface area contributed by atoms with Gasteiger partial charge in [-0.3, -0.25) is 4.79 Å². The summed E-state index contributed by atoms with van der Waals surface area (Å²) in [5, 5.41) is 0. The monoisotopic (exact) mass is 395 g/mol. The van der Waals surface area contributed by atoms with Crippen LogP contribution in [0.4, 0.5) is 0 Å². The maximum atomic E-state index is 12.2. The van der Waals surface area contributed by atoms with Gasteiger partial charge in [-0.25, -0.2) is 0 Å². The summed E-state index contributed by atoms with van der Waals surface area (Å²) in [7, 11) is 0. The van der Waals surface area contributed by atoms with Crippen molar-refractivity contribution in [1.29, 1.82) is 0 Å². The first-order valence-corrected chi connectivity index (χ1v) is 6.88. The van der Waals surface area contributed by atoms with Crippen LogP contribution in [-0.2, 0) is 4.74 Å². The fourth-order valence-electron chi connectivity index (χ4n) is 1.60. The SMILES string of the molecule is O=C(c1cc(Br)ccc1I)N1CCOCC1. The Hall–Kier alpha value is -0.140. The van der Waals surface area contributed by atoms with Crippen molar-refractivity contribution in [2.24, 2.45) is 0 Å². The van der Waals surface area contributed by atoms with E-state index in [9.17, 15) is 4.79 Å². The fraction of sp³-hybridized carbons (Fsp3) is 0.364. The molecule has 3 nitrogen and oxygen atoms in total. The molecular weight excluding hydrogens is 385 g/mol. The smallest absolute Gasteiger partial charge is 0.255 e. The van der Waals surface area contributed by atoms with Crippen molar-refractivity contribution in [2.75, 3.05) is 26.3 Å². The highest BCUT2D eigenvalue weighted by Gasteiger charge is 2.20. The Morgan fingerprint density at radius 2 is 2.06 bits per heavy atom. The van der Waals surface area contributed by atoms with E-state index in [2.05, 4.69) is 38.5 Å². The number of hydrogen-bond donors (Lipinski definition) is 0. The summed E-state index contributed by atoms with van der Waals surface area (Å²) >= 11 is 5.58. The molecule has 0 bridgehead atoms. The Morgan fingerprint density at radius 1 is 1.38 bits per heavy atom. The van der Waals surface area contributed by atoms with E-state index >= 15 is 0 Å². The largest absolute Gasteiger partial charge is 0.378 e. The summed E-state index contributed by atoms with van der Waals surface area (Å²) in [5.41, 5.74) is 0.761. The Bertz CT molecular complexity index is 405. The second kappa shape index (κ2) is 5.46. The van der Waals surface area contributed by atoms with E-state index < -0.39 is 0 Å². The maximum Gasteiger partial charge on any atom is 0.255 e. The Morgan fingerprint density at radius 3 is 2.75 bits per heavy atom. The molecule has 1 aromatic carbocycles. The van der Waals surface area contributed by atoms with E-state index in [4.69, 9.17) is 4.74 Å². The molecule has 86 valence electrons. The molecule has 1 aliphatic rings. The van der Waals surface area contributed by atoms with Crippen molar-refractivity contribution >= 4 is 44.4 Å². The fourth-order valence-corrected chi connectivity index (χ4v) is 2.53. The predicted octanol–water partition coefficient (Wildman–Crippen LogP) is 2.53. The van der Waals surface area contributed by atoms with Gasteiger partial charge in [0.05, 0.1) is 18.8 Å². The zero-order valence-corrected chi connectivity index (χ0v) is 12.3. The molecule has 0 aliphatic carbocycles. The number of halogens is 2. The molecule has 0 spiro atoms. The van der Waals surface area contributed by atoms with Crippen LogP contribution in [0.2, 0.25) is 0 Å². The molecule has 1 fully saturated rings. The van der Waals surface area contributed by atoms with Gasteiger partial charge in [0.1, 0.15) is 0 Å². The van der Waals surface area contributed by atoms with E-state index in [0.717, 1.165) is 13.6 Å². The minimum Gasteiger partial charge on any atom is -0.378 e. The van der Waals surface area contributed by atoms with Crippen molar-refractivity contribution in [2.45, 2.75) is 0 Å². The molecule has 1 amide bonds. The Balaban J connectivity index is 2.22. The van der Waals surface area contributed by atoms with Crippen molar-refractivity contribution in [3.8, 4) is 0 Å². The number of carbonyl (C=O) groups is 1. The first-order valence-electron chi connectivity index (χ1n) is 5.00. The maximum absolute atomic E-state index is 12.2. The molecule has 2 rings (SSSR count). The van der Waals surface area contributed by atoms with Crippen LogP contribution in [0.25, 0.3) is 0 Å². The molecule has 0 unspecified atom stereocenters. The molecule has 16 heavy (non-hydrogen) atoms. The highest BCUT2D eigenvalue weighted by Crippen LogP contribution is 2.20. The van der Waals surface area contributed by atoms with E-state index in [1.54, 1.807) is 0 Å². The summed E-state index contributed by atoms with van der Waals surface area (Å²) in [6, 6.07) is 5.76. The average Bonchev–Trinajstić information content (AvgIpc) is 2.32. The number of amides is 1. The third-order valence-corrected chi connectivity index (χ3v) is 3.89. The van der Waals surface area contributed by atoms with Crippen LogP contribution in [-0.4, -0.2) is 37.1 Å². The number of morpholine rings is 1. The number of rotatable bonds is 1. The molecule has 1 aromatic rings. The lowest BCUT2D eigenvalue weighted by Gasteiger charge is -2.27. The molecule has 1 heterocycles. The molecule has 1 saturated heterocycles. The molecule has 1 aliphatic heterocycles. The quantitative estimate of drug-likeness (QED) is 0.684. The molecule has 0 aromatic heterocycles. The normalized spacial score (nSPS) is 16.2. The molecule has 0 saturated carbocycles. The van der Waals surface area contributed by atoms with Gasteiger partial charge in [0.25, 0.3) is 5.91 Å². The van der Waals surface area contributed by atoms with Crippen LogP contribution in [0.3, 0.4) is 0 Å². The first-order chi connectivity index (χ1) is 7.68. The topological polar surface area (TPSA) is 29.5 Å². The van der Waals surface area contributed by atoms with Crippen molar-refractivity contribution in [3.63, 3.8) is 0 Å². The Labute approximate surface area is 116 Å². The van der Waals surface area contributed by atoms with Gasteiger partial charge in [0, 0.05) is 21.1 Å². The van der Waals surface area contributed by atoms with Gasteiger partial charge in [-0.05, 0) is 40.8 Å². The van der Waals surface area contributed by atoms with Crippen LogP contribution in [0.5, 0.6) is 0 Å². The summed E-state index contributed by atoms with van der Waals surface area (Å²) in [6.45, 7) is 2.63. The van der Waals surface area contributed by atoms with E-state index in [1.807, 2.05) is 23.1 Å². The molecular formula is C11H11BrINO2. The second-order valence-electron chi connectivity index (χ2n) is 3.53. The molecule has 0 radical (unpaired) electrons. The van der Waals surface area contributed by atoms with E-state index in [-0.39, 0.29) is 5.91 Å². The number of carbonyl (C=O) groups excluding carboxylic acids is 1. The first kappa shape index (κ1) is 12.3. The van der Waals surface area contributed by atoms with E-state index in [0.29, 0.717) is 26.3 Å². The van der Waals surface area contributed by atoms with Crippen molar-refractivity contribution in [3.05, 3.63) is 31.8 Å². The van der Waals surface area contributed by atoms with Crippen LogP contribution in [0.1, 0.15) is 10.4 Å². The second-order valence-corrected chi connectivity index (χ2v) is 5.61. The molecule has 5 heteroatoms. The highest BCUT2D eigenvalue weighted by atomic mass is 127. The number of hydrogen-bond acceptors (Lipinski definition) is 2. The zero-order chi connectivity index (χ0) is 11.5. The van der Waals surface area contributed by atoms with Gasteiger partial charge < -0.3 is 9.64 Å². The number of nitrogens with zero attached hydrogens (tertiary/aromatic N) is 1. The lowest BCUT2D eigenvalue weighted by molar-refractivity contribution is 0.0302. The van der Waals surface area contributed by atoms with Crippen LogP contribution < -0.4 is 0 Å². The number of benzene rings is 1. The summed E-state index contributed by atoms with van der Waals surface area (Å²) in [6.07, 6.45) is 0. The van der Waals surface area contributed by atoms with Gasteiger partial charge in [0.15, 0.2) is 0 Å². The lowest BCUT2D eigenvalue weighted by Crippen LogP contribution is -2.41. The van der Waals surface area contributed by atoms with E-state index in [1.165, 1.54) is 0 Å². The molecule has 0 N–H and O–H groups in total. The minimum absolute atomic E-state index is 0.0917. The predicted molar refractivity (Wildman–Crippen MR) is 73.6 cm³/mol. The van der Waals surface area contributed by atoms with Crippen LogP contribution >= 0.6 is 38.5 Å². The number of ether oxygens (including phenoxy) is 1. The zero-order valence-electron chi connectivity index (χ0n) is 8.58. The van der Waals surface area contributed by atoms with Crippen molar-refractivity contribution < 1.29 is 9.53 Å². The average molecular weight is 396 g/mol. The van der Waals surface area contributed by atoms with Gasteiger partial charge in [0.2, 0.25) is 0 Å². The third-order valence-electron chi connectivity index (χ3n) is 2.46. The minimum atomic E-state index is 0.0917. The lowest BCUT2D eigenvalue weighted by atomic mass is 10.2. The van der Waals surface area contributed by atoms with Gasteiger partial charge in [-0.1, -0.05) is 15.9 Å². The van der Waals surface area contributed by atoms with Crippen LogP contribution in [0.15, 0.2) is 22.7 Å². The van der Waals surface area contributed by atoms with Crippen LogP contribution in [0, 0.1) is 3.57 Å². The van der Waals surface area contributed by atoms with Crippen molar-refractivity contribution in [1.82, 2.24) is 4.90 Å². The van der Waals surface area contributed by atoms with Gasteiger partial charge in [-0.15, -0.1) is 0 Å². The van der Waals surface area contributed by atoms with Gasteiger partial charge in [-0.2, -0.15) is 0 Å². The van der Waals surface area contributed by atoms with Gasteiger partial charge >= 0.3 is 0 Å². The summed E-state index contributed by atoms with van der Waals surface area (Å²) < 4.78 is 7.15. The standard InChI is InChI=1S/C11H11BrINO2/c12-8-1-2-10(13)9(7-8)11(15)14-3-5-16-6-4-14/h1-2,7H,3-6H2. The summed E-state index contributed by atoms with van der Waals surface area (Å²) in [5.74, 6) is 0.0917. The summed E-state index contributed by atoms with van der Waals surface area (Å²) in [4.78, 5) is 14.1. The third kappa shape index (κ3) is 2.75.